The Bertz CT molecular complexity index is 544. The molecule has 0 bridgehead atoms. The lowest BCUT2D eigenvalue weighted by molar-refractivity contribution is 0.139. The van der Waals surface area contributed by atoms with Crippen LogP contribution in [0.4, 0.5) is 5.69 Å². The van der Waals surface area contributed by atoms with Crippen molar-refractivity contribution in [3.63, 3.8) is 0 Å². The van der Waals surface area contributed by atoms with E-state index in [1.54, 1.807) is 0 Å². The summed E-state index contributed by atoms with van der Waals surface area (Å²) >= 11 is 12.0. The number of hydrogen-bond donors (Lipinski definition) is 1. The van der Waals surface area contributed by atoms with Gasteiger partial charge >= 0.3 is 0 Å². The van der Waals surface area contributed by atoms with Crippen molar-refractivity contribution in [3.05, 3.63) is 28.2 Å². The van der Waals surface area contributed by atoms with Gasteiger partial charge in [-0.3, -0.25) is 4.90 Å². The Morgan fingerprint density at radius 1 is 1.19 bits per heavy atom. The molecule has 2 aliphatic rings. The van der Waals surface area contributed by atoms with Gasteiger partial charge in [0.15, 0.2) is 0 Å². The predicted octanol–water partition coefficient (Wildman–Crippen LogP) is 1.83. The van der Waals surface area contributed by atoms with Crippen LogP contribution in [0.2, 0.25) is 10.0 Å². The molecule has 2 N–H and O–H groups in total. The third-order valence-corrected chi connectivity index (χ3v) is 4.58. The fourth-order valence-electron chi connectivity index (χ4n) is 2.69. The summed E-state index contributed by atoms with van der Waals surface area (Å²) in [6.07, 6.45) is 0.0986. The standard InChI is InChI=1S/C14H18Cl2N4O/c15-12-2-1-10(7-13(12)16)20-5-3-19(4-6-20)9-11-8-18-14(17)21-11/h1-2,7,11H,3-6,8-9H2,(H2,17,18). The van der Waals surface area contributed by atoms with E-state index in [2.05, 4.69) is 14.8 Å². The van der Waals surface area contributed by atoms with Crippen LogP contribution in [0.1, 0.15) is 0 Å². The number of nitrogens with zero attached hydrogens (tertiary/aromatic N) is 3. The number of nitrogens with two attached hydrogens (primary N) is 1. The molecule has 0 aliphatic carbocycles. The van der Waals surface area contributed by atoms with Crippen LogP contribution in [-0.4, -0.2) is 56.3 Å². The van der Waals surface area contributed by atoms with Gasteiger partial charge in [0, 0.05) is 38.4 Å². The number of aliphatic imine (C=N–C) groups is 1. The van der Waals surface area contributed by atoms with Gasteiger partial charge in [-0.25, -0.2) is 4.99 Å². The lowest BCUT2D eigenvalue weighted by Gasteiger charge is -2.36. The minimum absolute atomic E-state index is 0.0986. The van der Waals surface area contributed by atoms with Crippen LogP contribution in [0, 0.1) is 0 Å². The number of anilines is 1. The van der Waals surface area contributed by atoms with Crippen LogP contribution in [-0.2, 0) is 4.74 Å². The SMILES string of the molecule is NC1=NCC(CN2CCN(c3ccc(Cl)c(Cl)c3)CC2)O1. The molecule has 0 radical (unpaired) electrons. The Morgan fingerprint density at radius 3 is 2.57 bits per heavy atom. The number of benzene rings is 1. The topological polar surface area (TPSA) is 54.1 Å². The molecular weight excluding hydrogens is 311 g/mol. The molecule has 114 valence electrons. The number of piperazine rings is 1. The average Bonchev–Trinajstić information content (AvgIpc) is 2.88. The van der Waals surface area contributed by atoms with E-state index >= 15 is 0 Å². The molecule has 1 saturated heterocycles. The van der Waals surface area contributed by atoms with Gasteiger partial charge in [-0.2, -0.15) is 0 Å². The second-order valence-electron chi connectivity index (χ2n) is 5.30. The van der Waals surface area contributed by atoms with Crippen molar-refractivity contribution in [1.82, 2.24) is 4.90 Å². The molecule has 0 saturated carbocycles. The monoisotopic (exact) mass is 328 g/mol. The van der Waals surface area contributed by atoms with Crippen molar-refractivity contribution in [3.8, 4) is 0 Å². The van der Waals surface area contributed by atoms with Crippen molar-refractivity contribution in [2.75, 3.05) is 44.2 Å². The van der Waals surface area contributed by atoms with Crippen molar-refractivity contribution in [2.24, 2.45) is 10.7 Å². The highest BCUT2D eigenvalue weighted by molar-refractivity contribution is 6.42. The second kappa shape index (κ2) is 6.30. The zero-order valence-electron chi connectivity index (χ0n) is 11.6. The first kappa shape index (κ1) is 14.8. The van der Waals surface area contributed by atoms with Crippen molar-refractivity contribution < 1.29 is 4.74 Å². The minimum atomic E-state index is 0.0986. The molecule has 5 nitrogen and oxygen atoms in total. The van der Waals surface area contributed by atoms with E-state index in [4.69, 9.17) is 33.7 Å². The highest BCUT2D eigenvalue weighted by atomic mass is 35.5. The fraction of sp³-hybridized carbons (Fsp3) is 0.500. The maximum Gasteiger partial charge on any atom is 0.282 e. The van der Waals surface area contributed by atoms with Crippen LogP contribution < -0.4 is 10.6 Å². The van der Waals surface area contributed by atoms with Gasteiger partial charge in [0.05, 0.1) is 16.6 Å². The normalized spacial score (nSPS) is 23.0. The van der Waals surface area contributed by atoms with Crippen molar-refractivity contribution >= 4 is 34.9 Å². The quantitative estimate of drug-likeness (QED) is 0.919. The smallest absolute Gasteiger partial charge is 0.282 e. The summed E-state index contributed by atoms with van der Waals surface area (Å²) in [6.45, 7) is 5.43. The predicted molar refractivity (Wildman–Crippen MR) is 86.5 cm³/mol. The van der Waals surface area contributed by atoms with Crippen LogP contribution in [0.3, 0.4) is 0 Å². The van der Waals surface area contributed by atoms with Gasteiger partial charge in [-0.05, 0) is 18.2 Å². The molecule has 2 aliphatic heterocycles. The zero-order chi connectivity index (χ0) is 14.8. The van der Waals surface area contributed by atoms with Gasteiger partial charge in [-0.1, -0.05) is 23.2 Å². The minimum Gasteiger partial charge on any atom is -0.459 e. The Kier molecular flexibility index (Phi) is 4.42. The lowest BCUT2D eigenvalue weighted by Crippen LogP contribution is -2.49. The number of rotatable bonds is 3. The van der Waals surface area contributed by atoms with Gasteiger partial charge in [0.2, 0.25) is 0 Å². The van der Waals surface area contributed by atoms with E-state index in [1.165, 1.54) is 0 Å². The molecule has 1 atom stereocenters. The molecule has 3 rings (SSSR count). The van der Waals surface area contributed by atoms with E-state index in [0.29, 0.717) is 22.6 Å². The Balaban J connectivity index is 1.51. The fourth-order valence-corrected chi connectivity index (χ4v) is 2.98. The number of amidine groups is 1. The molecule has 7 heteroatoms. The first-order chi connectivity index (χ1) is 10.1. The van der Waals surface area contributed by atoms with E-state index in [0.717, 1.165) is 38.4 Å². The Morgan fingerprint density at radius 2 is 1.95 bits per heavy atom. The van der Waals surface area contributed by atoms with Gasteiger partial charge in [0.1, 0.15) is 6.10 Å². The van der Waals surface area contributed by atoms with E-state index in [9.17, 15) is 0 Å². The molecule has 0 amide bonds. The van der Waals surface area contributed by atoms with Gasteiger partial charge in [-0.15, -0.1) is 0 Å². The molecule has 21 heavy (non-hydrogen) atoms. The molecule has 1 unspecified atom stereocenters. The molecule has 0 spiro atoms. The largest absolute Gasteiger partial charge is 0.459 e. The number of halogens is 2. The third kappa shape index (κ3) is 3.54. The summed E-state index contributed by atoms with van der Waals surface area (Å²) in [4.78, 5) is 8.77. The zero-order valence-corrected chi connectivity index (χ0v) is 13.1. The molecule has 1 aromatic carbocycles. The summed E-state index contributed by atoms with van der Waals surface area (Å²) < 4.78 is 5.44. The van der Waals surface area contributed by atoms with Crippen LogP contribution in [0.5, 0.6) is 0 Å². The van der Waals surface area contributed by atoms with Crippen LogP contribution >= 0.6 is 23.2 Å². The molecule has 0 aromatic heterocycles. The lowest BCUT2D eigenvalue weighted by atomic mass is 10.2. The van der Waals surface area contributed by atoms with E-state index in [-0.39, 0.29) is 6.10 Å². The highest BCUT2D eigenvalue weighted by Gasteiger charge is 2.24. The second-order valence-corrected chi connectivity index (χ2v) is 6.12. The third-order valence-electron chi connectivity index (χ3n) is 3.84. The maximum absolute atomic E-state index is 6.08. The molecule has 1 aromatic rings. The first-order valence-electron chi connectivity index (χ1n) is 7.01. The summed E-state index contributed by atoms with van der Waals surface area (Å²) in [6, 6.07) is 6.10. The summed E-state index contributed by atoms with van der Waals surface area (Å²) in [5, 5.41) is 1.19. The Labute approximate surface area is 134 Å². The maximum atomic E-state index is 6.08. The molecule has 2 heterocycles. The molecule has 1 fully saturated rings. The van der Waals surface area contributed by atoms with Crippen molar-refractivity contribution in [1.29, 1.82) is 0 Å². The van der Waals surface area contributed by atoms with Gasteiger partial charge < -0.3 is 15.4 Å². The summed E-state index contributed by atoms with van der Waals surface area (Å²) in [5.41, 5.74) is 6.65. The summed E-state index contributed by atoms with van der Waals surface area (Å²) in [5.74, 6) is 0. The summed E-state index contributed by atoms with van der Waals surface area (Å²) in [7, 11) is 0. The Hall–Kier alpha value is -1.17. The number of hydrogen-bond acceptors (Lipinski definition) is 5. The highest BCUT2D eigenvalue weighted by Crippen LogP contribution is 2.27. The van der Waals surface area contributed by atoms with Gasteiger partial charge in [0.25, 0.3) is 6.02 Å². The first-order valence-corrected chi connectivity index (χ1v) is 7.76. The van der Waals surface area contributed by atoms with Crippen LogP contribution in [0.25, 0.3) is 0 Å². The van der Waals surface area contributed by atoms with E-state index < -0.39 is 0 Å². The molecular formula is C14H18Cl2N4O. The average molecular weight is 329 g/mol. The van der Waals surface area contributed by atoms with E-state index in [1.807, 2.05) is 18.2 Å². The van der Waals surface area contributed by atoms with Crippen molar-refractivity contribution in [2.45, 2.75) is 6.10 Å². The number of ether oxygens (including phenoxy) is 1. The van der Waals surface area contributed by atoms with Crippen LogP contribution in [0.15, 0.2) is 23.2 Å².